The Morgan fingerprint density at radius 3 is 2.32 bits per heavy atom. The van der Waals surface area contributed by atoms with Crippen molar-refractivity contribution in [2.24, 2.45) is 0 Å². The molecule has 31 heavy (non-hydrogen) atoms. The second-order valence-corrected chi connectivity index (χ2v) is 8.78. The van der Waals surface area contributed by atoms with Crippen molar-refractivity contribution in [3.63, 3.8) is 0 Å². The molecule has 4 nitrogen and oxygen atoms in total. The molecule has 1 unspecified atom stereocenters. The van der Waals surface area contributed by atoms with Gasteiger partial charge in [0.15, 0.2) is 0 Å². The zero-order chi connectivity index (χ0) is 22.2. The Balaban J connectivity index is 1.70. The normalized spacial score (nSPS) is 14.9. The van der Waals surface area contributed by atoms with Crippen LogP contribution in [0.4, 0.5) is 0 Å². The van der Waals surface area contributed by atoms with Crippen LogP contribution in [0.1, 0.15) is 68.2 Å². The highest BCUT2D eigenvalue weighted by Gasteiger charge is 2.28. The number of rotatable bonds is 9. The SMILES string of the molecule is CCc1ccc(CCC(=O)N(Cc2ccccc2C)C(C)C(=O)NC2CCCC2)cc1. The first kappa shape index (κ1) is 23.1. The summed E-state index contributed by atoms with van der Waals surface area (Å²) in [5.74, 6) is -0.0157. The molecule has 2 aromatic rings. The zero-order valence-corrected chi connectivity index (χ0v) is 19.2. The van der Waals surface area contributed by atoms with Crippen LogP contribution < -0.4 is 5.32 Å². The van der Waals surface area contributed by atoms with Crippen LogP contribution in [0.5, 0.6) is 0 Å². The monoisotopic (exact) mass is 420 g/mol. The number of aryl methyl sites for hydroxylation is 3. The van der Waals surface area contributed by atoms with Crippen LogP contribution in [0.3, 0.4) is 0 Å². The molecule has 1 N–H and O–H groups in total. The molecule has 1 atom stereocenters. The van der Waals surface area contributed by atoms with Crippen LogP contribution in [-0.4, -0.2) is 28.8 Å². The molecule has 0 aliphatic heterocycles. The van der Waals surface area contributed by atoms with Gasteiger partial charge >= 0.3 is 0 Å². The summed E-state index contributed by atoms with van der Waals surface area (Å²) in [7, 11) is 0. The summed E-state index contributed by atoms with van der Waals surface area (Å²) in [6.45, 7) is 6.51. The molecule has 166 valence electrons. The molecule has 0 saturated heterocycles. The van der Waals surface area contributed by atoms with Gasteiger partial charge in [-0.2, -0.15) is 0 Å². The largest absolute Gasteiger partial charge is 0.352 e. The first-order chi connectivity index (χ1) is 15.0. The second-order valence-electron chi connectivity index (χ2n) is 8.78. The van der Waals surface area contributed by atoms with E-state index in [4.69, 9.17) is 0 Å². The predicted octanol–water partition coefficient (Wildman–Crippen LogP) is 4.97. The highest BCUT2D eigenvalue weighted by atomic mass is 16.2. The molecule has 1 saturated carbocycles. The van der Waals surface area contributed by atoms with E-state index in [0.717, 1.165) is 36.0 Å². The van der Waals surface area contributed by atoms with E-state index in [1.54, 1.807) is 4.90 Å². The predicted molar refractivity (Wildman–Crippen MR) is 126 cm³/mol. The Morgan fingerprint density at radius 1 is 1.03 bits per heavy atom. The smallest absolute Gasteiger partial charge is 0.242 e. The first-order valence-corrected chi connectivity index (χ1v) is 11.7. The lowest BCUT2D eigenvalue weighted by molar-refractivity contribution is -0.140. The minimum Gasteiger partial charge on any atom is -0.352 e. The second kappa shape index (κ2) is 11.1. The van der Waals surface area contributed by atoms with E-state index >= 15 is 0 Å². The Bertz CT molecular complexity index is 869. The zero-order valence-electron chi connectivity index (χ0n) is 19.2. The molecule has 4 heteroatoms. The quantitative estimate of drug-likeness (QED) is 0.623. The van der Waals surface area contributed by atoms with Crippen LogP contribution >= 0.6 is 0 Å². The summed E-state index contributed by atoms with van der Waals surface area (Å²) in [4.78, 5) is 28.0. The summed E-state index contributed by atoms with van der Waals surface area (Å²) in [5.41, 5.74) is 4.68. The maximum atomic E-state index is 13.3. The minimum atomic E-state index is -0.491. The average Bonchev–Trinajstić information content (AvgIpc) is 3.30. The molecular weight excluding hydrogens is 384 g/mol. The summed E-state index contributed by atoms with van der Waals surface area (Å²) < 4.78 is 0. The molecule has 0 spiro atoms. The maximum Gasteiger partial charge on any atom is 0.242 e. The van der Waals surface area contributed by atoms with E-state index in [2.05, 4.69) is 49.5 Å². The van der Waals surface area contributed by atoms with Crippen molar-refractivity contribution in [2.75, 3.05) is 0 Å². The number of carbonyl (C=O) groups excluding carboxylic acids is 2. The third-order valence-electron chi connectivity index (χ3n) is 6.53. The van der Waals surface area contributed by atoms with E-state index in [0.29, 0.717) is 19.4 Å². The molecule has 0 aromatic heterocycles. The summed E-state index contributed by atoms with van der Waals surface area (Å²) in [5, 5.41) is 3.17. The van der Waals surface area contributed by atoms with Gasteiger partial charge in [0.05, 0.1) is 0 Å². The lowest BCUT2D eigenvalue weighted by Gasteiger charge is -2.30. The van der Waals surface area contributed by atoms with Gasteiger partial charge in [0, 0.05) is 19.0 Å². The van der Waals surface area contributed by atoms with Crippen molar-refractivity contribution in [1.29, 1.82) is 0 Å². The fourth-order valence-electron chi connectivity index (χ4n) is 4.28. The van der Waals surface area contributed by atoms with Crippen molar-refractivity contribution >= 4 is 11.8 Å². The van der Waals surface area contributed by atoms with Crippen molar-refractivity contribution < 1.29 is 9.59 Å². The van der Waals surface area contributed by atoms with Crippen LogP contribution in [-0.2, 0) is 29.0 Å². The fraction of sp³-hybridized carbons (Fsp3) is 0.481. The van der Waals surface area contributed by atoms with Gasteiger partial charge in [-0.15, -0.1) is 0 Å². The fourth-order valence-corrected chi connectivity index (χ4v) is 4.28. The first-order valence-electron chi connectivity index (χ1n) is 11.7. The van der Waals surface area contributed by atoms with E-state index < -0.39 is 6.04 Å². The third kappa shape index (κ3) is 6.43. The summed E-state index contributed by atoms with van der Waals surface area (Å²) >= 11 is 0. The molecule has 1 fully saturated rings. The average molecular weight is 421 g/mol. The van der Waals surface area contributed by atoms with Crippen LogP contribution in [0.15, 0.2) is 48.5 Å². The number of amides is 2. The minimum absolute atomic E-state index is 0.0249. The number of benzene rings is 2. The number of nitrogens with one attached hydrogen (secondary N) is 1. The molecule has 0 radical (unpaired) electrons. The number of nitrogens with zero attached hydrogens (tertiary/aromatic N) is 1. The molecule has 0 bridgehead atoms. The van der Waals surface area contributed by atoms with E-state index in [1.807, 2.05) is 25.1 Å². The summed E-state index contributed by atoms with van der Waals surface area (Å²) in [6.07, 6.45) is 6.51. The highest BCUT2D eigenvalue weighted by molar-refractivity contribution is 5.87. The lowest BCUT2D eigenvalue weighted by atomic mass is 10.0. The standard InChI is InChI=1S/C27H36N2O2/c1-4-22-13-15-23(16-14-22)17-18-26(30)29(19-24-10-6-5-9-20(24)2)21(3)27(31)28-25-11-7-8-12-25/h5-6,9-10,13-16,21,25H,4,7-8,11-12,17-19H2,1-3H3,(H,28,31). The number of carbonyl (C=O) groups is 2. The number of hydrogen-bond donors (Lipinski definition) is 1. The summed E-state index contributed by atoms with van der Waals surface area (Å²) in [6, 6.07) is 16.3. The van der Waals surface area contributed by atoms with Gasteiger partial charge in [0.1, 0.15) is 6.04 Å². The van der Waals surface area contributed by atoms with Gasteiger partial charge in [-0.05, 0) is 61.8 Å². The molecule has 2 amide bonds. The Hall–Kier alpha value is -2.62. The van der Waals surface area contributed by atoms with Gasteiger partial charge in [-0.3, -0.25) is 9.59 Å². The van der Waals surface area contributed by atoms with Gasteiger partial charge in [0.25, 0.3) is 0 Å². The van der Waals surface area contributed by atoms with E-state index in [-0.39, 0.29) is 17.9 Å². The van der Waals surface area contributed by atoms with Crippen LogP contribution in [0.2, 0.25) is 0 Å². The molecule has 0 heterocycles. The van der Waals surface area contributed by atoms with Crippen LogP contribution in [0, 0.1) is 6.92 Å². The molecule has 3 rings (SSSR count). The maximum absolute atomic E-state index is 13.3. The molecule has 1 aliphatic rings. The highest BCUT2D eigenvalue weighted by Crippen LogP contribution is 2.19. The Kier molecular flexibility index (Phi) is 8.27. The topological polar surface area (TPSA) is 49.4 Å². The number of hydrogen-bond acceptors (Lipinski definition) is 2. The molecule has 2 aromatic carbocycles. The van der Waals surface area contributed by atoms with E-state index in [1.165, 1.54) is 18.4 Å². The van der Waals surface area contributed by atoms with Crippen molar-refractivity contribution in [1.82, 2.24) is 10.2 Å². The molecular formula is C27H36N2O2. The lowest BCUT2D eigenvalue weighted by Crippen LogP contribution is -2.49. The Labute approximate surface area is 187 Å². The van der Waals surface area contributed by atoms with Crippen molar-refractivity contribution in [3.05, 3.63) is 70.8 Å². The van der Waals surface area contributed by atoms with Gasteiger partial charge in [-0.1, -0.05) is 68.3 Å². The van der Waals surface area contributed by atoms with Gasteiger partial charge < -0.3 is 10.2 Å². The van der Waals surface area contributed by atoms with Gasteiger partial charge in [0.2, 0.25) is 11.8 Å². The van der Waals surface area contributed by atoms with Crippen molar-refractivity contribution in [3.8, 4) is 0 Å². The van der Waals surface area contributed by atoms with E-state index in [9.17, 15) is 9.59 Å². The van der Waals surface area contributed by atoms with Crippen LogP contribution in [0.25, 0.3) is 0 Å². The third-order valence-corrected chi connectivity index (χ3v) is 6.53. The van der Waals surface area contributed by atoms with Gasteiger partial charge in [-0.25, -0.2) is 0 Å². The molecule has 1 aliphatic carbocycles. The van der Waals surface area contributed by atoms with Crippen molar-refractivity contribution in [2.45, 2.75) is 84.3 Å². The Morgan fingerprint density at radius 2 is 1.68 bits per heavy atom.